The Morgan fingerprint density at radius 1 is 1.55 bits per heavy atom. The van der Waals surface area contributed by atoms with Crippen molar-refractivity contribution in [3.63, 3.8) is 0 Å². The highest BCUT2D eigenvalue weighted by molar-refractivity contribution is 7.97. The Labute approximate surface area is 70.0 Å². The Hall–Kier alpha value is -0.580. The van der Waals surface area contributed by atoms with Crippen LogP contribution in [0, 0.1) is 0 Å². The van der Waals surface area contributed by atoms with Gasteiger partial charge in [-0.05, 0) is 24.1 Å². The molecular weight excluding hydrogens is 160 g/mol. The van der Waals surface area contributed by atoms with E-state index in [1.54, 1.807) is 6.20 Å². The Morgan fingerprint density at radius 2 is 2.45 bits per heavy atom. The third kappa shape index (κ3) is 3.36. The van der Waals surface area contributed by atoms with Crippen LogP contribution in [0.3, 0.4) is 0 Å². The van der Waals surface area contributed by atoms with Gasteiger partial charge < -0.3 is 5.11 Å². The maximum Gasteiger partial charge on any atom is 0.111 e. The summed E-state index contributed by atoms with van der Waals surface area (Å²) in [5.74, 6) is 0. The molecule has 0 aromatic carbocycles. The van der Waals surface area contributed by atoms with Gasteiger partial charge in [0, 0.05) is 12.7 Å². The number of aromatic nitrogens is 1. The fourth-order valence-corrected chi connectivity index (χ4v) is 1.18. The van der Waals surface area contributed by atoms with Gasteiger partial charge in [0.2, 0.25) is 0 Å². The lowest BCUT2D eigenvalue weighted by atomic mass is 10.5. The van der Waals surface area contributed by atoms with Crippen molar-refractivity contribution >= 4 is 11.9 Å². The van der Waals surface area contributed by atoms with Crippen molar-refractivity contribution in [1.29, 1.82) is 0 Å². The van der Waals surface area contributed by atoms with Crippen molar-refractivity contribution in [2.75, 3.05) is 13.2 Å². The fraction of sp³-hybridized carbons (Fsp3) is 0.286. The predicted molar refractivity (Wildman–Crippen MR) is 45.2 cm³/mol. The van der Waals surface area contributed by atoms with Crippen LogP contribution in [-0.4, -0.2) is 23.2 Å². The highest BCUT2D eigenvalue weighted by Crippen LogP contribution is 2.07. The first kappa shape index (κ1) is 8.52. The van der Waals surface area contributed by atoms with E-state index in [2.05, 4.69) is 9.71 Å². The first-order valence-corrected chi connectivity index (χ1v) is 4.17. The number of hydrogen-bond donors (Lipinski definition) is 2. The number of aliphatic hydroxyl groups excluding tert-OH is 1. The van der Waals surface area contributed by atoms with Gasteiger partial charge in [0.15, 0.2) is 0 Å². The van der Waals surface area contributed by atoms with Crippen LogP contribution >= 0.6 is 11.9 Å². The number of rotatable bonds is 4. The predicted octanol–water partition coefficient (Wildman–Crippen LogP) is 0.671. The van der Waals surface area contributed by atoms with Crippen molar-refractivity contribution in [2.45, 2.75) is 5.03 Å². The van der Waals surface area contributed by atoms with Gasteiger partial charge >= 0.3 is 0 Å². The fourth-order valence-electron chi connectivity index (χ4n) is 0.578. The first-order valence-electron chi connectivity index (χ1n) is 3.35. The van der Waals surface area contributed by atoms with E-state index in [0.717, 1.165) is 5.03 Å². The summed E-state index contributed by atoms with van der Waals surface area (Å²) in [7, 11) is 0. The van der Waals surface area contributed by atoms with Gasteiger partial charge in [-0.25, -0.2) is 4.98 Å². The summed E-state index contributed by atoms with van der Waals surface area (Å²) < 4.78 is 2.96. The third-order valence-corrected chi connectivity index (χ3v) is 1.83. The van der Waals surface area contributed by atoms with Crippen molar-refractivity contribution in [2.24, 2.45) is 0 Å². The summed E-state index contributed by atoms with van der Waals surface area (Å²) >= 11 is 1.42. The average Bonchev–Trinajstić information content (AvgIpc) is 2.07. The van der Waals surface area contributed by atoms with Gasteiger partial charge in [-0.3, -0.25) is 4.72 Å². The minimum Gasteiger partial charge on any atom is -0.395 e. The minimum atomic E-state index is 0.153. The molecule has 3 nitrogen and oxygen atoms in total. The second-order valence-electron chi connectivity index (χ2n) is 1.89. The molecule has 4 heteroatoms. The highest BCUT2D eigenvalue weighted by atomic mass is 32.2. The molecular formula is C7H10N2OS. The molecule has 0 fully saturated rings. The van der Waals surface area contributed by atoms with Crippen LogP contribution < -0.4 is 4.72 Å². The molecule has 0 atom stereocenters. The monoisotopic (exact) mass is 170 g/mol. The van der Waals surface area contributed by atoms with Gasteiger partial charge in [-0.2, -0.15) is 0 Å². The normalized spacial score (nSPS) is 9.91. The van der Waals surface area contributed by atoms with Crippen LogP contribution in [0.25, 0.3) is 0 Å². The van der Waals surface area contributed by atoms with Crippen LogP contribution in [0.2, 0.25) is 0 Å². The number of aliphatic hydroxyl groups is 1. The quantitative estimate of drug-likeness (QED) is 0.515. The first-order chi connectivity index (χ1) is 5.43. The Kier molecular flexibility index (Phi) is 3.96. The van der Waals surface area contributed by atoms with Crippen molar-refractivity contribution in [3.8, 4) is 0 Å². The van der Waals surface area contributed by atoms with E-state index in [0.29, 0.717) is 6.54 Å². The highest BCUT2D eigenvalue weighted by Gasteiger charge is 1.90. The zero-order valence-corrected chi connectivity index (χ0v) is 6.84. The molecule has 11 heavy (non-hydrogen) atoms. The summed E-state index contributed by atoms with van der Waals surface area (Å²) in [6, 6.07) is 5.71. The summed E-state index contributed by atoms with van der Waals surface area (Å²) in [4.78, 5) is 4.07. The van der Waals surface area contributed by atoms with Gasteiger partial charge in [0.25, 0.3) is 0 Å². The lowest BCUT2D eigenvalue weighted by Crippen LogP contribution is -2.09. The lowest BCUT2D eigenvalue weighted by molar-refractivity contribution is 0.302. The van der Waals surface area contributed by atoms with Crippen molar-refractivity contribution < 1.29 is 5.11 Å². The van der Waals surface area contributed by atoms with Crippen molar-refractivity contribution in [3.05, 3.63) is 24.4 Å². The molecule has 1 rings (SSSR count). The Balaban J connectivity index is 2.28. The van der Waals surface area contributed by atoms with E-state index in [4.69, 9.17) is 5.11 Å². The molecule has 60 valence electrons. The van der Waals surface area contributed by atoms with Crippen LogP contribution in [0.15, 0.2) is 29.4 Å². The van der Waals surface area contributed by atoms with E-state index in [1.165, 1.54) is 11.9 Å². The third-order valence-electron chi connectivity index (χ3n) is 1.03. The molecule has 0 unspecified atom stereocenters. The zero-order valence-electron chi connectivity index (χ0n) is 6.03. The summed E-state index contributed by atoms with van der Waals surface area (Å²) in [6.45, 7) is 0.737. The topological polar surface area (TPSA) is 45.1 Å². The standard InChI is InChI=1S/C7H10N2OS/c10-6-5-9-11-7-3-1-2-4-8-7/h1-4,9-10H,5-6H2. The average molecular weight is 170 g/mol. The van der Waals surface area contributed by atoms with Gasteiger partial charge in [-0.15, -0.1) is 0 Å². The molecule has 0 saturated carbocycles. The van der Waals surface area contributed by atoms with Crippen LogP contribution in [0.4, 0.5) is 0 Å². The number of hydrogen-bond acceptors (Lipinski definition) is 4. The minimum absolute atomic E-state index is 0.153. The molecule has 0 aliphatic rings. The van der Waals surface area contributed by atoms with Crippen LogP contribution in [0.5, 0.6) is 0 Å². The molecule has 0 bridgehead atoms. The molecule has 1 aromatic rings. The molecule has 2 N–H and O–H groups in total. The van der Waals surface area contributed by atoms with E-state index in [9.17, 15) is 0 Å². The number of pyridine rings is 1. The molecule has 0 amide bonds. The van der Waals surface area contributed by atoms with Gasteiger partial charge in [0.1, 0.15) is 5.03 Å². The van der Waals surface area contributed by atoms with Crippen LogP contribution in [-0.2, 0) is 0 Å². The maximum atomic E-state index is 8.45. The summed E-state index contributed by atoms with van der Waals surface area (Å²) in [6.07, 6.45) is 1.74. The molecule has 1 heterocycles. The lowest BCUT2D eigenvalue weighted by Gasteiger charge is -1.98. The van der Waals surface area contributed by atoms with E-state index < -0.39 is 0 Å². The van der Waals surface area contributed by atoms with Crippen molar-refractivity contribution in [1.82, 2.24) is 9.71 Å². The largest absolute Gasteiger partial charge is 0.395 e. The maximum absolute atomic E-state index is 8.45. The molecule has 0 spiro atoms. The Bertz CT molecular complexity index is 193. The van der Waals surface area contributed by atoms with Crippen LogP contribution in [0.1, 0.15) is 0 Å². The smallest absolute Gasteiger partial charge is 0.111 e. The zero-order chi connectivity index (χ0) is 7.94. The van der Waals surface area contributed by atoms with E-state index in [-0.39, 0.29) is 6.61 Å². The van der Waals surface area contributed by atoms with E-state index >= 15 is 0 Å². The SMILES string of the molecule is OCCNSc1ccccn1. The molecule has 0 aliphatic carbocycles. The Morgan fingerprint density at radius 3 is 3.09 bits per heavy atom. The second-order valence-corrected chi connectivity index (χ2v) is 2.80. The summed E-state index contributed by atoms with van der Waals surface area (Å²) in [5, 5.41) is 9.37. The summed E-state index contributed by atoms with van der Waals surface area (Å²) in [5.41, 5.74) is 0. The molecule has 0 saturated heterocycles. The molecule has 0 radical (unpaired) electrons. The van der Waals surface area contributed by atoms with Gasteiger partial charge in [0.05, 0.1) is 6.61 Å². The molecule has 1 aromatic heterocycles. The van der Waals surface area contributed by atoms with E-state index in [1.807, 2.05) is 18.2 Å². The van der Waals surface area contributed by atoms with Gasteiger partial charge in [-0.1, -0.05) is 6.07 Å². The number of nitrogens with one attached hydrogen (secondary N) is 1. The second kappa shape index (κ2) is 5.12. The number of nitrogens with zero attached hydrogens (tertiary/aromatic N) is 1. The molecule has 0 aliphatic heterocycles.